The summed E-state index contributed by atoms with van der Waals surface area (Å²) in [5.41, 5.74) is 3.38. The first-order chi connectivity index (χ1) is 14.6. The average molecular weight is 403 g/mol. The van der Waals surface area contributed by atoms with Gasteiger partial charge in [-0.05, 0) is 24.6 Å². The van der Waals surface area contributed by atoms with Crippen LogP contribution in [0.1, 0.15) is 30.5 Å². The Labute approximate surface area is 173 Å². The van der Waals surface area contributed by atoms with Gasteiger partial charge in [0.25, 0.3) is 0 Å². The fourth-order valence-corrected chi connectivity index (χ4v) is 3.11. The van der Waals surface area contributed by atoms with Crippen LogP contribution in [0.25, 0.3) is 11.5 Å². The van der Waals surface area contributed by atoms with Crippen molar-refractivity contribution in [3.63, 3.8) is 0 Å². The first-order valence-corrected chi connectivity index (χ1v) is 9.68. The van der Waals surface area contributed by atoms with Crippen molar-refractivity contribution >= 4 is 23.5 Å². The number of amides is 2. The second kappa shape index (κ2) is 8.64. The number of hydrazone groups is 1. The number of anilines is 1. The van der Waals surface area contributed by atoms with Gasteiger partial charge in [-0.2, -0.15) is 10.1 Å². The highest BCUT2D eigenvalue weighted by Crippen LogP contribution is 2.16. The Balaban J connectivity index is 1.29. The van der Waals surface area contributed by atoms with Gasteiger partial charge in [0.15, 0.2) is 5.82 Å². The van der Waals surface area contributed by atoms with E-state index in [1.54, 1.807) is 6.07 Å². The number of hydrogen-bond acceptors (Lipinski definition) is 6. The maximum atomic E-state index is 12.4. The number of aromatic nitrogens is 4. The van der Waals surface area contributed by atoms with E-state index in [1.807, 2.05) is 49.4 Å². The van der Waals surface area contributed by atoms with Crippen LogP contribution in [0.5, 0.6) is 0 Å². The summed E-state index contributed by atoms with van der Waals surface area (Å²) in [4.78, 5) is 33.2. The third-order valence-electron chi connectivity index (χ3n) is 4.63. The lowest BCUT2D eigenvalue weighted by atomic mass is 10.1. The number of pyridine rings is 1. The molecule has 152 valence electrons. The molecule has 0 atom stereocenters. The van der Waals surface area contributed by atoms with E-state index in [4.69, 9.17) is 0 Å². The minimum Gasteiger partial charge on any atom is -0.293 e. The van der Waals surface area contributed by atoms with Crippen molar-refractivity contribution < 1.29 is 9.59 Å². The summed E-state index contributed by atoms with van der Waals surface area (Å²) in [5, 5.41) is 15.2. The van der Waals surface area contributed by atoms with Gasteiger partial charge in [0.05, 0.1) is 12.3 Å². The largest absolute Gasteiger partial charge is 0.293 e. The van der Waals surface area contributed by atoms with Crippen LogP contribution in [0.2, 0.25) is 0 Å². The summed E-state index contributed by atoms with van der Waals surface area (Å²) >= 11 is 0. The molecule has 2 N–H and O–H groups in total. The van der Waals surface area contributed by atoms with E-state index in [0.717, 1.165) is 17.0 Å². The minimum absolute atomic E-state index is 0.0259. The van der Waals surface area contributed by atoms with E-state index < -0.39 is 0 Å². The highest BCUT2D eigenvalue weighted by Gasteiger charge is 2.22. The maximum Gasteiger partial charge on any atom is 0.249 e. The Kier molecular flexibility index (Phi) is 5.60. The number of hydrogen-bond donors (Lipinski definition) is 2. The first kappa shape index (κ1) is 19.4. The first-order valence-electron chi connectivity index (χ1n) is 9.68. The van der Waals surface area contributed by atoms with Crippen LogP contribution in [0.3, 0.4) is 0 Å². The number of nitrogens with one attached hydrogen (secondary N) is 2. The molecule has 9 nitrogen and oxygen atoms in total. The smallest absolute Gasteiger partial charge is 0.249 e. The van der Waals surface area contributed by atoms with Crippen molar-refractivity contribution in [3.8, 4) is 11.5 Å². The molecular weight excluding hydrogens is 382 g/mol. The summed E-state index contributed by atoms with van der Waals surface area (Å²) < 4.78 is 0. The minimum atomic E-state index is -0.336. The van der Waals surface area contributed by atoms with Crippen LogP contribution >= 0.6 is 0 Å². The maximum absolute atomic E-state index is 12.4. The van der Waals surface area contributed by atoms with Crippen molar-refractivity contribution in [3.05, 3.63) is 59.8 Å². The number of aryl methyl sites for hydroxylation is 1. The van der Waals surface area contributed by atoms with Crippen LogP contribution in [-0.4, -0.2) is 49.2 Å². The molecule has 30 heavy (non-hydrogen) atoms. The van der Waals surface area contributed by atoms with E-state index >= 15 is 0 Å². The molecule has 0 saturated carbocycles. The standard InChI is InChI=1S/C21H21N7O2/c1-14-6-5-9-17(22-14)20-24-21(26-25-20)23-18(29)10-11-19(30)28-13-12-16(27-28)15-7-3-2-4-8-15/h2-9H,10-13H2,1H3,(H2,23,24,25,26,29). The van der Waals surface area contributed by atoms with E-state index in [1.165, 1.54) is 5.01 Å². The summed E-state index contributed by atoms with van der Waals surface area (Å²) in [6.45, 7) is 2.41. The molecule has 3 aromatic rings. The number of carbonyl (C=O) groups is 2. The number of nitrogens with zero attached hydrogens (tertiary/aromatic N) is 5. The summed E-state index contributed by atoms with van der Waals surface area (Å²) in [6.07, 6.45) is 0.793. The van der Waals surface area contributed by atoms with Crippen LogP contribution < -0.4 is 5.32 Å². The van der Waals surface area contributed by atoms with Crippen LogP contribution in [0.15, 0.2) is 53.6 Å². The van der Waals surface area contributed by atoms with Gasteiger partial charge in [0.1, 0.15) is 5.69 Å². The molecule has 9 heteroatoms. The van der Waals surface area contributed by atoms with Crippen LogP contribution in [0.4, 0.5) is 5.95 Å². The van der Waals surface area contributed by atoms with Crippen LogP contribution in [0, 0.1) is 6.92 Å². The zero-order valence-electron chi connectivity index (χ0n) is 16.5. The molecule has 3 heterocycles. The second-order valence-electron chi connectivity index (χ2n) is 6.90. The molecule has 1 aromatic carbocycles. The molecule has 0 saturated heterocycles. The van der Waals surface area contributed by atoms with Gasteiger partial charge in [-0.15, -0.1) is 5.10 Å². The lowest BCUT2D eigenvalue weighted by Crippen LogP contribution is -2.25. The number of aromatic amines is 1. The highest BCUT2D eigenvalue weighted by atomic mass is 16.2. The Hall–Kier alpha value is -3.88. The molecule has 2 amide bonds. The van der Waals surface area contributed by atoms with Gasteiger partial charge in [0.2, 0.25) is 17.8 Å². The zero-order chi connectivity index (χ0) is 20.9. The quantitative estimate of drug-likeness (QED) is 0.656. The van der Waals surface area contributed by atoms with Crippen LogP contribution in [-0.2, 0) is 9.59 Å². The molecule has 1 aliphatic heterocycles. The van der Waals surface area contributed by atoms with Crippen molar-refractivity contribution in [2.24, 2.45) is 5.10 Å². The molecule has 0 unspecified atom stereocenters. The lowest BCUT2D eigenvalue weighted by molar-refractivity contribution is -0.132. The van der Waals surface area contributed by atoms with E-state index in [9.17, 15) is 9.59 Å². The van der Waals surface area contributed by atoms with Gasteiger partial charge in [-0.1, -0.05) is 36.4 Å². The zero-order valence-corrected chi connectivity index (χ0v) is 16.5. The molecule has 0 aliphatic carbocycles. The predicted molar refractivity (Wildman–Crippen MR) is 112 cm³/mol. The summed E-state index contributed by atoms with van der Waals surface area (Å²) in [5.74, 6) is 0.0921. The number of H-pyrrole nitrogens is 1. The normalized spacial score (nSPS) is 13.2. The third kappa shape index (κ3) is 4.57. The topological polar surface area (TPSA) is 116 Å². The highest BCUT2D eigenvalue weighted by molar-refractivity contribution is 6.02. The van der Waals surface area contributed by atoms with Crippen molar-refractivity contribution in [2.45, 2.75) is 26.2 Å². The monoisotopic (exact) mass is 403 g/mol. The fourth-order valence-electron chi connectivity index (χ4n) is 3.11. The third-order valence-corrected chi connectivity index (χ3v) is 4.63. The van der Waals surface area contributed by atoms with Gasteiger partial charge in [0, 0.05) is 25.0 Å². The van der Waals surface area contributed by atoms with E-state index in [0.29, 0.717) is 24.5 Å². The summed E-state index contributed by atoms with van der Waals surface area (Å²) in [6, 6.07) is 15.3. The van der Waals surface area contributed by atoms with Crippen molar-refractivity contribution in [1.82, 2.24) is 25.2 Å². The average Bonchev–Trinajstić information content (AvgIpc) is 3.43. The Morgan fingerprint density at radius 1 is 1.07 bits per heavy atom. The van der Waals surface area contributed by atoms with Crippen molar-refractivity contribution in [1.29, 1.82) is 0 Å². The Morgan fingerprint density at radius 3 is 2.70 bits per heavy atom. The second-order valence-corrected chi connectivity index (χ2v) is 6.90. The SMILES string of the molecule is Cc1cccc(-c2nc(NC(=O)CCC(=O)N3CCC(c4ccccc4)=N3)n[nH]2)n1. The lowest BCUT2D eigenvalue weighted by Gasteiger charge is -2.10. The Morgan fingerprint density at radius 2 is 1.90 bits per heavy atom. The van der Waals surface area contributed by atoms with Gasteiger partial charge >= 0.3 is 0 Å². The van der Waals surface area contributed by atoms with E-state index in [-0.39, 0.29) is 30.6 Å². The molecule has 0 radical (unpaired) electrons. The molecular formula is C21H21N7O2. The summed E-state index contributed by atoms with van der Waals surface area (Å²) in [7, 11) is 0. The predicted octanol–water partition coefficient (Wildman–Crippen LogP) is 2.53. The molecule has 1 aliphatic rings. The molecule has 4 rings (SSSR count). The van der Waals surface area contributed by atoms with Gasteiger partial charge in [-0.25, -0.2) is 9.99 Å². The number of rotatable bonds is 6. The fraction of sp³-hybridized carbons (Fsp3) is 0.238. The number of benzene rings is 1. The van der Waals surface area contributed by atoms with Crippen molar-refractivity contribution in [2.75, 3.05) is 11.9 Å². The molecule has 0 spiro atoms. The van der Waals surface area contributed by atoms with Gasteiger partial charge in [-0.3, -0.25) is 20.0 Å². The Bertz CT molecular complexity index is 1090. The molecule has 2 aromatic heterocycles. The van der Waals surface area contributed by atoms with Gasteiger partial charge < -0.3 is 0 Å². The molecule has 0 fully saturated rings. The van der Waals surface area contributed by atoms with E-state index in [2.05, 4.69) is 30.6 Å². The molecule has 0 bridgehead atoms. The number of carbonyl (C=O) groups excluding carboxylic acids is 2.